The van der Waals surface area contributed by atoms with Gasteiger partial charge in [0.15, 0.2) is 0 Å². The van der Waals surface area contributed by atoms with Gasteiger partial charge in [-0.1, -0.05) is 0 Å². The number of pyridine rings is 2. The summed E-state index contributed by atoms with van der Waals surface area (Å²) in [5.74, 6) is 0. The van der Waals surface area contributed by atoms with Crippen LogP contribution < -0.4 is 10.6 Å². The predicted octanol–water partition coefficient (Wildman–Crippen LogP) is 1.61. The fourth-order valence-electron chi connectivity index (χ4n) is 1.59. The molecule has 0 saturated heterocycles. The van der Waals surface area contributed by atoms with Crippen LogP contribution in [0.3, 0.4) is 0 Å². The average Bonchev–Trinajstić information content (AvgIpc) is 2.27. The number of rotatable bonds is 1. The largest absolute Gasteiger partial charge is 0.433 e. The summed E-state index contributed by atoms with van der Waals surface area (Å²) in [5, 5.41) is 1.68. The minimum Gasteiger partial charge on any atom is -0.316 e. The molecule has 0 aliphatic heterocycles. The summed E-state index contributed by atoms with van der Waals surface area (Å²) in [6.07, 6.45) is -3.12. The highest BCUT2D eigenvalue weighted by Crippen LogP contribution is 2.28. The van der Waals surface area contributed by atoms with Gasteiger partial charge in [-0.2, -0.15) is 13.2 Å². The van der Waals surface area contributed by atoms with Crippen molar-refractivity contribution in [3.05, 3.63) is 40.4 Å². The first kappa shape index (κ1) is 12.4. The molecule has 0 aliphatic carbocycles. The number of hydrogen-bond acceptors (Lipinski definition) is 3. The molecule has 4 nitrogen and oxygen atoms in total. The Labute approximate surface area is 100 Å². The van der Waals surface area contributed by atoms with Gasteiger partial charge in [-0.05, 0) is 18.2 Å². The predicted molar refractivity (Wildman–Crippen MR) is 61.1 cm³/mol. The van der Waals surface area contributed by atoms with Crippen LogP contribution in [0.2, 0.25) is 0 Å². The lowest BCUT2D eigenvalue weighted by atomic mass is 10.2. The molecule has 0 aromatic carbocycles. The molecule has 0 radical (unpaired) electrons. The van der Waals surface area contributed by atoms with Crippen molar-refractivity contribution in [2.45, 2.75) is 6.18 Å². The van der Waals surface area contributed by atoms with E-state index in [1.165, 1.54) is 21.9 Å². The molecule has 0 aliphatic rings. The zero-order valence-corrected chi connectivity index (χ0v) is 9.69. The second kappa shape index (κ2) is 4.01. The highest BCUT2D eigenvalue weighted by molar-refractivity contribution is 5.77. The monoisotopic (exact) mass is 257 g/mol. The first-order valence-corrected chi connectivity index (χ1v) is 5.08. The second-order valence-corrected chi connectivity index (χ2v) is 3.94. The van der Waals surface area contributed by atoms with Crippen LogP contribution in [0.1, 0.15) is 5.69 Å². The van der Waals surface area contributed by atoms with Gasteiger partial charge in [0, 0.05) is 20.3 Å². The molecule has 18 heavy (non-hydrogen) atoms. The van der Waals surface area contributed by atoms with E-state index < -0.39 is 17.4 Å². The number of aromatic nitrogens is 2. The van der Waals surface area contributed by atoms with E-state index in [1.807, 2.05) is 0 Å². The van der Waals surface area contributed by atoms with Crippen LogP contribution in [0.15, 0.2) is 29.2 Å². The number of nitrogens with zero attached hydrogens (tertiary/aromatic N) is 3. The molecule has 2 aromatic heterocycles. The fraction of sp³-hybridized carbons (Fsp3) is 0.273. The lowest BCUT2D eigenvalue weighted by Crippen LogP contribution is -2.35. The molecule has 2 rings (SSSR count). The van der Waals surface area contributed by atoms with Gasteiger partial charge in [-0.25, -0.2) is 9.66 Å². The Morgan fingerprint density at radius 3 is 2.44 bits per heavy atom. The Hall–Kier alpha value is -2.05. The molecule has 0 N–H and O–H groups in total. The topological polar surface area (TPSA) is 38.1 Å². The number of alkyl halides is 3. The molecule has 0 saturated carbocycles. The van der Waals surface area contributed by atoms with Crippen molar-refractivity contribution in [2.75, 3.05) is 19.1 Å². The first-order valence-electron chi connectivity index (χ1n) is 5.08. The third kappa shape index (κ3) is 2.03. The normalized spacial score (nSPS) is 11.8. The fourth-order valence-corrected chi connectivity index (χ4v) is 1.59. The van der Waals surface area contributed by atoms with Crippen molar-refractivity contribution in [2.24, 2.45) is 0 Å². The molecule has 2 aromatic rings. The summed E-state index contributed by atoms with van der Waals surface area (Å²) >= 11 is 0. The quantitative estimate of drug-likeness (QED) is 0.779. The summed E-state index contributed by atoms with van der Waals surface area (Å²) in [5.41, 5.74) is -1.37. The van der Waals surface area contributed by atoms with Crippen molar-refractivity contribution in [3.63, 3.8) is 0 Å². The van der Waals surface area contributed by atoms with Crippen LogP contribution in [-0.2, 0) is 6.18 Å². The van der Waals surface area contributed by atoms with E-state index in [0.717, 1.165) is 12.1 Å². The molecule has 0 unspecified atom stereocenters. The van der Waals surface area contributed by atoms with Crippen LogP contribution in [0.5, 0.6) is 0 Å². The zero-order valence-electron chi connectivity index (χ0n) is 9.69. The minimum absolute atomic E-state index is 0.0351. The summed E-state index contributed by atoms with van der Waals surface area (Å²) in [6, 6.07) is 3.34. The van der Waals surface area contributed by atoms with Gasteiger partial charge in [0.2, 0.25) is 0 Å². The maximum atomic E-state index is 12.5. The Morgan fingerprint density at radius 1 is 1.22 bits per heavy atom. The van der Waals surface area contributed by atoms with Gasteiger partial charge in [-0.3, -0.25) is 4.79 Å². The maximum absolute atomic E-state index is 12.5. The molecule has 0 amide bonds. The number of fused-ring (bicyclic) bond motifs is 1. The van der Waals surface area contributed by atoms with Gasteiger partial charge in [-0.15, -0.1) is 0 Å². The summed E-state index contributed by atoms with van der Waals surface area (Å²) < 4.78 is 38.7. The third-order valence-electron chi connectivity index (χ3n) is 2.46. The molecular weight excluding hydrogens is 247 g/mol. The minimum atomic E-state index is -4.51. The van der Waals surface area contributed by atoms with Crippen LogP contribution >= 0.6 is 0 Å². The van der Waals surface area contributed by atoms with Crippen molar-refractivity contribution in [3.8, 4) is 0 Å². The van der Waals surface area contributed by atoms with Crippen LogP contribution in [0, 0.1) is 0 Å². The molecule has 0 fully saturated rings. The van der Waals surface area contributed by atoms with Crippen LogP contribution in [0.25, 0.3) is 10.9 Å². The molecule has 2 heterocycles. The Kier molecular flexibility index (Phi) is 2.76. The van der Waals surface area contributed by atoms with E-state index >= 15 is 0 Å². The lowest BCUT2D eigenvalue weighted by Gasteiger charge is -2.16. The summed E-state index contributed by atoms with van der Waals surface area (Å²) in [6.45, 7) is 0. The zero-order chi connectivity index (χ0) is 13.5. The number of halogens is 3. The van der Waals surface area contributed by atoms with Gasteiger partial charge in [0.1, 0.15) is 5.69 Å². The Bertz CT molecular complexity index is 646. The standard InChI is InChI=1S/C11H10F3N3O/c1-16(2)17-6-5-8-7(10(17)18)3-4-9(15-8)11(12,13)14/h3-6H,1-2H3. The van der Waals surface area contributed by atoms with E-state index in [4.69, 9.17) is 0 Å². The first-order chi connectivity index (χ1) is 8.30. The van der Waals surface area contributed by atoms with Crippen molar-refractivity contribution >= 4 is 10.9 Å². The van der Waals surface area contributed by atoms with Crippen LogP contribution in [-0.4, -0.2) is 23.8 Å². The highest BCUT2D eigenvalue weighted by atomic mass is 19.4. The maximum Gasteiger partial charge on any atom is 0.433 e. The number of hydrogen-bond donors (Lipinski definition) is 0. The van der Waals surface area contributed by atoms with E-state index in [0.29, 0.717) is 0 Å². The van der Waals surface area contributed by atoms with Gasteiger partial charge >= 0.3 is 6.18 Å². The molecule has 96 valence electrons. The Morgan fingerprint density at radius 2 is 1.89 bits per heavy atom. The molecule has 0 bridgehead atoms. The van der Waals surface area contributed by atoms with Crippen molar-refractivity contribution < 1.29 is 13.2 Å². The van der Waals surface area contributed by atoms with E-state index in [-0.39, 0.29) is 10.9 Å². The summed E-state index contributed by atoms with van der Waals surface area (Å²) in [4.78, 5) is 15.4. The van der Waals surface area contributed by atoms with E-state index in [2.05, 4.69) is 4.98 Å². The molecular formula is C11H10F3N3O. The Balaban J connectivity index is 2.69. The van der Waals surface area contributed by atoms with Gasteiger partial charge < -0.3 is 5.01 Å². The van der Waals surface area contributed by atoms with Gasteiger partial charge in [0.05, 0.1) is 10.9 Å². The molecule has 7 heteroatoms. The molecule has 0 spiro atoms. The summed E-state index contributed by atoms with van der Waals surface area (Å²) in [7, 11) is 3.31. The lowest BCUT2D eigenvalue weighted by molar-refractivity contribution is -0.140. The SMILES string of the molecule is CN(C)n1ccc2nc(C(F)(F)F)ccc2c1=O. The second-order valence-electron chi connectivity index (χ2n) is 3.94. The van der Waals surface area contributed by atoms with E-state index in [9.17, 15) is 18.0 Å². The average molecular weight is 257 g/mol. The van der Waals surface area contributed by atoms with E-state index in [1.54, 1.807) is 14.1 Å². The van der Waals surface area contributed by atoms with Crippen molar-refractivity contribution in [1.29, 1.82) is 0 Å². The smallest absolute Gasteiger partial charge is 0.316 e. The van der Waals surface area contributed by atoms with Crippen LogP contribution in [0.4, 0.5) is 13.2 Å². The third-order valence-corrected chi connectivity index (χ3v) is 2.46. The molecule has 0 atom stereocenters. The van der Waals surface area contributed by atoms with Gasteiger partial charge in [0.25, 0.3) is 5.56 Å². The highest BCUT2D eigenvalue weighted by Gasteiger charge is 2.32. The van der Waals surface area contributed by atoms with Crippen molar-refractivity contribution in [1.82, 2.24) is 9.66 Å².